The molecule has 0 saturated carbocycles. The molecule has 1 fully saturated rings. The summed E-state index contributed by atoms with van der Waals surface area (Å²) in [5, 5.41) is 6.78. The number of carbonyl (C=O) groups is 1. The number of pyridine rings is 1. The zero-order valence-corrected chi connectivity index (χ0v) is 21.6. The number of benzene rings is 2. The van der Waals surface area contributed by atoms with E-state index in [1.54, 1.807) is 7.11 Å². The van der Waals surface area contributed by atoms with Crippen LogP contribution < -0.4 is 24.8 Å². The van der Waals surface area contributed by atoms with Crippen LogP contribution >= 0.6 is 11.6 Å². The molecule has 0 unspecified atom stereocenters. The van der Waals surface area contributed by atoms with Gasteiger partial charge in [-0.3, -0.25) is 4.79 Å². The van der Waals surface area contributed by atoms with E-state index in [0.29, 0.717) is 36.3 Å². The first-order chi connectivity index (χ1) is 18.1. The minimum Gasteiger partial charge on any atom is -0.493 e. The van der Waals surface area contributed by atoms with Crippen LogP contribution in [0, 0.1) is 0 Å². The molecule has 6 rings (SSSR count). The summed E-state index contributed by atoms with van der Waals surface area (Å²) in [6, 6.07) is 14.9. The van der Waals surface area contributed by atoms with Crippen molar-refractivity contribution in [3.05, 3.63) is 69.7 Å². The zero-order chi connectivity index (χ0) is 25.4. The fourth-order valence-corrected chi connectivity index (χ4v) is 5.79. The number of aromatic nitrogens is 1. The van der Waals surface area contributed by atoms with Crippen LogP contribution in [0.1, 0.15) is 47.6 Å². The summed E-state index contributed by atoms with van der Waals surface area (Å²) in [6.07, 6.45) is 4.05. The Morgan fingerprint density at radius 3 is 2.89 bits per heavy atom. The van der Waals surface area contributed by atoms with Crippen LogP contribution in [0.2, 0.25) is 5.02 Å². The van der Waals surface area contributed by atoms with E-state index < -0.39 is 0 Å². The molecule has 2 N–H and O–H groups in total. The van der Waals surface area contributed by atoms with Gasteiger partial charge in [0.2, 0.25) is 17.7 Å². The van der Waals surface area contributed by atoms with Gasteiger partial charge in [-0.25, -0.2) is 0 Å². The molecule has 0 bridgehead atoms. The standard InChI is InChI=1S/C29H30ClN3O4/c1-35-28-19(15-31-16-20-7-10-27(34)32-20)13-24(30)29(33-28)37-25-9-8-22-21(3-2-4-23(22)25)18-6-5-17-11-12-36-26(17)14-18/h2-6,13-14,20,25,31H,7-12,15-16H2,1H3,(H,32,34)/t20-,25-/m0/s1. The molecule has 2 aliphatic heterocycles. The maximum atomic E-state index is 11.4. The number of halogens is 1. The van der Waals surface area contributed by atoms with Gasteiger partial charge in [0.05, 0.1) is 13.7 Å². The van der Waals surface area contributed by atoms with Crippen molar-refractivity contribution in [3.63, 3.8) is 0 Å². The van der Waals surface area contributed by atoms with E-state index in [2.05, 4.69) is 52.0 Å². The van der Waals surface area contributed by atoms with E-state index in [4.69, 9.17) is 25.8 Å². The fraction of sp³-hybridized carbons (Fsp3) is 0.379. The van der Waals surface area contributed by atoms with Crippen molar-refractivity contribution in [2.24, 2.45) is 0 Å². The van der Waals surface area contributed by atoms with Crippen LogP contribution in [0.3, 0.4) is 0 Å². The number of methoxy groups -OCH3 is 1. The fourth-order valence-electron chi connectivity index (χ4n) is 5.57. The summed E-state index contributed by atoms with van der Waals surface area (Å²) in [5.41, 5.74) is 6.98. The lowest BCUT2D eigenvalue weighted by Gasteiger charge is -2.18. The Hall–Kier alpha value is -3.29. The SMILES string of the molecule is COc1nc(O[C@H]2CCc3c(-c4ccc5c(c4)OCC5)cccc32)c(Cl)cc1CNC[C@@H]1CCC(=O)N1. The van der Waals surface area contributed by atoms with Gasteiger partial charge < -0.3 is 24.8 Å². The summed E-state index contributed by atoms with van der Waals surface area (Å²) in [4.78, 5) is 16.0. The lowest BCUT2D eigenvalue weighted by molar-refractivity contribution is -0.119. The number of hydrogen-bond donors (Lipinski definition) is 2. The second kappa shape index (κ2) is 10.2. The second-order valence-corrected chi connectivity index (χ2v) is 10.2. The first kappa shape index (κ1) is 24.1. The number of rotatable bonds is 8. The van der Waals surface area contributed by atoms with E-state index in [9.17, 15) is 4.79 Å². The molecule has 1 amide bonds. The van der Waals surface area contributed by atoms with Crippen molar-refractivity contribution in [1.29, 1.82) is 0 Å². The Balaban J connectivity index is 1.18. The highest BCUT2D eigenvalue weighted by molar-refractivity contribution is 6.31. The van der Waals surface area contributed by atoms with E-state index in [1.165, 1.54) is 27.8 Å². The van der Waals surface area contributed by atoms with Gasteiger partial charge >= 0.3 is 0 Å². The van der Waals surface area contributed by atoms with E-state index in [-0.39, 0.29) is 18.1 Å². The highest BCUT2D eigenvalue weighted by atomic mass is 35.5. The summed E-state index contributed by atoms with van der Waals surface area (Å²) in [6.45, 7) is 1.97. The average molecular weight is 520 g/mol. The number of nitrogens with one attached hydrogen (secondary N) is 2. The molecule has 2 atom stereocenters. The van der Waals surface area contributed by atoms with Crippen LogP contribution in [0.5, 0.6) is 17.5 Å². The average Bonchev–Trinajstić information content (AvgIpc) is 3.65. The molecule has 1 aliphatic carbocycles. The quantitative estimate of drug-likeness (QED) is 0.446. The van der Waals surface area contributed by atoms with Crippen LogP contribution in [-0.2, 0) is 24.2 Å². The van der Waals surface area contributed by atoms with Gasteiger partial charge in [-0.05, 0) is 59.2 Å². The monoisotopic (exact) mass is 519 g/mol. The van der Waals surface area contributed by atoms with Gasteiger partial charge in [-0.2, -0.15) is 4.98 Å². The van der Waals surface area contributed by atoms with Crippen molar-refractivity contribution in [3.8, 4) is 28.6 Å². The van der Waals surface area contributed by atoms with Crippen LogP contribution in [0.4, 0.5) is 0 Å². The first-order valence-electron chi connectivity index (χ1n) is 12.9. The van der Waals surface area contributed by atoms with Gasteiger partial charge in [0, 0.05) is 37.5 Å². The van der Waals surface area contributed by atoms with Crippen molar-refractivity contribution < 1.29 is 19.0 Å². The van der Waals surface area contributed by atoms with E-state index in [1.807, 2.05) is 6.07 Å². The number of ether oxygens (including phenoxy) is 3. The van der Waals surface area contributed by atoms with Crippen LogP contribution in [0.25, 0.3) is 11.1 Å². The summed E-state index contributed by atoms with van der Waals surface area (Å²) in [5.74, 6) is 1.95. The van der Waals surface area contributed by atoms with Crippen molar-refractivity contribution in [2.75, 3.05) is 20.3 Å². The second-order valence-electron chi connectivity index (χ2n) is 9.82. The van der Waals surface area contributed by atoms with E-state index in [0.717, 1.165) is 43.6 Å². The Bertz CT molecular complexity index is 1340. The molecule has 2 aromatic carbocycles. The van der Waals surface area contributed by atoms with Crippen molar-refractivity contribution >= 4 is 17.5 Å². The molecule has 0 spiro atoms. The normalized spacial score (nSPS) is 19.8. The number of amides is 1. The molecule has 0 radical (unpaired) electrons. The van der Waals surface area contributed by atoms with Crippen molar-refractivity contribution in [1.82, 2.24) is 15.6 Å². The Labute approximate surface area is 221 Å². The topological polar surface area (TPSA) is 81.7 Å². The Kier molecular flexibility index (Phi) is 6.65. The molecule has 37 heavy (non-hydrogen) atoms. The number of fused-ring (bicyclic) bond motifs is 2. The van der Waals surface area contributed by atoms with Gasteiger partial charge in [-0.15, -0.1) is 0 Å². The third-order valence-corrected chi connectivity index (χ3v) is 7.72. The molecule has 3 heterocycles. The molecule has 7 nitrogen and oxygen atoms in total. The predicted octanol–water partition coefficient (Wildman–Crippen LogP) is 4.78. The lowest BCUT2D eigenvalue weighted by atomic mass is 9.95. The summed E-state index contributed by atoms with van der Waals surface area (Å²) >= 11 is 6.63. The Morgan fingerprint density at radius 1 is 1.14 bits per heavy atom. The highest BCUT2D eigenvalue weighted by Gasteiger charge is 2.28. The summed E-state index contributed by atoms with van der Waals surface area (Å²) in [7, 11) is 1.60. The zero-order valence-electron chi connectivity index (χ0n) is 20.8. The molecule has 3 aliphatic rings. The van der Waals surface area contributed by atoms with Gasteiger partial charge in [0.1, 0.15) is 16.9 Å². The number of hydrogen-bond acceptors (Lipinski definition) is 6. The minimum atomic E-state index is -0.134. The molecule has 8 heteroatoms. The van der Waals surface area contributed by atoms with Crippen LogP contribution in [-0.4, -0.2) is 37.2 Å². The minimum absolute atomic E-state index is 0.109. The highest BCUT2D eigenvalue weighted by Crippen LogP contribution is 2.42. The third-order valence-electron chi connectivity index (χ3n) is 7.44. The number of nitrogens with zero attached hydrogens (tertiary/aromatic N) is 1. The molecular formula is C29H30ClN3O4. The lowest BCUT2D eigenvalue weighted by Crippen LogP contribution is -2.35. The van der Waals surface area contributed by atoms with Gasteiger partial charge in [-0.1, -0.05) is 41.9 Å². The summed E-state index contributed by atoms with van der Waals surface area (Å²) < 4.78 is 17.7. The Morgan fingerprint density at radius 2 is 2.05 bits per heavy atom. The van der Waals surface area contributed by atoms with Gasteiger partial charge in [0.15, 0.2) is 0 Å². The smallest absolute Gasteiger partial charge is 0.236 e. The third kappa shape index (κ3) is 4.86. The molecule has 192 valence electrons. The first-order valence-corrected chi connectivity index (χ1v) is 13.2. The maximum absolute atomic E-state index is 11.4. The molecule has 1 saturated heterocycles. The van der Waals surface area contributed by atoms with Crippen LogP contribution in [0.15, 0.2) is 42.5 Å². The largest absolute Gasteiger partial charge is 0.493 e. The number of carbonyl (C=O) groups excluding carboxylic acids is 1. The molecule has 1 aromatic heterocycles. The predicted molar refractivity (Wildman–Crippen MR) is 141 cm³/mol. The van der Waals surface area contributed by atoms with Gasteiger partial charge in [0.25, 0.3) is 0 Å². The maximum Gasteiger partial charge on any atom is 0.236 e. The molecular weight excluding hydrogens is 490 g/mol. The van der Waals surface area contributed by atoms with Crippen molar-refractivity contribution in [2.45, 2.75) is 50.8 Å². The molecule has 3 aromatic rings. The van der Waals surface area contributed by atoms with E-state index >= 15 is 0 Å².